The van der Waals surface area contributed by atoms with Crippen molar-refractivity contribution in [2.45, 2.75) is 17.1 Å². The molecule has 0 aliphatic heterocycles. The van der Waals surface area contributed by atoms with Crippen LogP contribution < -0.4 is 28.6 Å². The molecule has 1 heterocycles. The van der Waals surface area contributed by atoms with Gasteiger partial charge in [0.15, 0.2) is 11.5 Å². The van der Waals surface area contributed by atoms with Crippen molar-refractivity contribution >= 4 is 33.4 Å². The maximum absolute atomic E-state index is 13.9. The fraction of sp³-hybridized carbons (Fsp3) is 0.346. The SMILES string of the molecule is COc1ccc(OC)c(N(CC(=O)NCCCSCc2ccco2)S(=O)(=O)c2ccc(OC)c(OC)c2)c1. The number of nitrogens with one attached hydrogen (secondary N) is 1. The Morgan fingerprint density at radius 3 is 2.34 bits per heavy atom. The van der Waals surface area contributed by atoms with Crippen LogP contribution in [0.4, 0.5) is 5.69 Å². The second kappa shape index (κ2) is 13.9. The van der Waals surface area contributed by atoms with Gasteiger partial charge in [-0.05, 0) is 48.6 Å². The number of ether oxygens (including phenoxy) is 4. The number of sulfonamides is 1. The highest BCUT2D eigenvalue weighted by atomic mass is 32.2. The Balaban J connectivity index is 1.81. The van der Waals surface area contributed by atoms with E-state index in [2.05, 4.69) is 5.32 Å². The molecule has 2 aromatic carbocycles. The summed E-state index contributed by atoms with van der Waals surface area (Å²) >= 11 is 1.69. The number of amides is 1. The number of rotatable bonds is 15. The average molecular weight is 565 g/mol. The number of benzene rings is 2. The van der Waals surface area contributed by atoms with Crippen LogP contribution in [-0.4, -0.2) is 61.6 Å². The summed E-state index contributed by atoms with van der Waals surface area (Å²) in [4.78, 5) is 12.9. The van der Waals surface area contributed by atoms with E-state index >= 15 is 0 Å². The topological polar surface area (TPSA) is 117 Å². The van der Waals surface area contributed by atoms with E-state index in [0.29, 0.717) is 24.5 Å². The van der Waals surface area contributed by atoms with Gasteiger partial charge in [-0.2, -0.15) is 11.8 Å². The monoisotopic (exact) mass is 564 g/mol. The standard InChI is InChI=1S/C26H32N2O8S2/c1-32-19-8-10-23(33-2)22(15-19)28(38(30,31)21-9-11-24(34-3)25(16-21)35-4)17-26(29)27-12-6-14-37-18-20-7-5-13-36-20/h5,7-11,13,15-16H,6,12,14,17-18H2,1-4H3,(H,27,29). The van der Waals surface area contributed by atoms with Gasteiger partial charge in [0.05, 0.1) is 51.0 Å². The Morgan fingerprint density at radius 2 is 1.68 bits per heavy atom. The molecule has 0 saturated carbocycles. The van der Waals surface area contributed by atoms with Gasteiger partial charge in [0.1, 0.15) is 23.8 Å². The number of methoxy groups -OCH3 is 4. The van der Waals surface area contributed by atoms with Gasteiger partial charge in [-0.3, -0.25) is 9.10 Å². The summed E-state index contributed by atoms with van der Waals surface area (Å²) in [5, 5.41) is 2.81. The predicted molar refractivity (Wildman–Crippen MR) is 146 cm³/mol. The lowest BCUT2D eigenvalue weighted by molar-refractivity contribution is -0.119. The molecule has 0 spiro atoms. The molecule has 1 N–H and O–H groups in total. The van der Waals surface area contributed by atoms with E-state index in [0.717, 1.165) is 21.6 Å². The molecule has 0 atom stereocenters. The Morgan fingerprint density at radius 1 is 0.947 bits per heavy atom. The molecule has 0 radical (unpaired) electrons. The summed E-state index contributed by atoms with van der Waals surface area (Å²) < 4.78 is 55.3. The largest absolute Gasteiger partial charge is 0.497 e. The van der Waals surface area contributed by atoms with Crippen LogP contribution in [0.15, 0.2) is 64.1 Å². The molecular formula is C26H32N2O8S2. The zero-order valence-electron chi connectivity index (χ0n) is 21.8. The predicted octanol–water partition coefficient (Wildman–Crippen LogP) is 3.95. The number of carbonyl (C=O) groups is 1. The van der Waals surface area contributed by atoms with Gasteiger partial charge in [0.2, 0.25) is 5.91 Å². The lowest BCUT2D eigenvalue weighted by atomic mass is 10.2. The fourth-order valence-corrected chi connectivity index (χ4v) is 5.85. The maximum atomic E-state index is 13.9. The zero-order chi connectivity index (χ0) is 27.5. The number of thioether (sulfide) groups is 1. The van der Waals surface area contributed by atoms with Gasteiger partial charge in [-0.15, -0.1) is 0 Å². The van der Waals surface area contributed by atoms with Gasteiger partial charge in [0.25, 0.3) is 10.0 Å². The van der Waals surface area contributed by atoms with Crippen molar-refractivity contribution in [3.8, 4) is 23.0 Å². The Hall–Kier alpha value is -3.51. The lowest BCUT2D eigenvalue weighted by Gasteiger charge is -2.26. The van der Waals surface area contributed by atoms with E-state index in [1.165, 1.54) is 52.7 Å². The first-order valence-electron chi connectivity index (χ1n) is 11.7. The van der Waals surface area contributed by atoms with Crippen molar-refractivity contribution in [2.75, 3.05) is 51.6 Å². The summed E-state index contributed by atoms with van der Waals surface area (Å²) in [5.74, 6) is 3.26. The number of carbonyl (C=O) groups excluding carboxylic acids is 1. The van der Waals surface area contributed by atoms with Crippen LogP contribution in [0.1, 0.15) is 12.2 Å². The highest BCUT2D eigenvalue weighted by Gasteiger charge is 2.31. The summed E-state index contributed by atoms with van der Waals surface area (Å²) in [5.41, 5.74) is 0.158. The second-order valence-corrected chi connectivity index (χ2v) is 10.9. The fourth-order valence-electron chi connectivity index (χ4n) is 3.55. The minimum absolute atomic E-state index is 0.0813. The van der Waals surface area contributed by atoms with Crippen molar-refractivity contribution in [2.24, 2.45) is 0 Å². The Labute approximate surface area is 227 Å². The minimum atomic E-state index is -4.24. The summed E-state index contributed by atoms with van der Waals surface area (Å²) in [7, 11) is 1.52. The molecule has 3 aromatic rings. The molecule has 12 heteroatoms. The van der Waals surface area contributed by atoms with Crippen LogP contribution >= 0.6 is 11.8 Å². The highest BCUT2D eigenvalue weighted by Crippen LogP contribution is 2.37. The van der Waals surface area contributed by atoms with E-state index in [-0.39, 0.29) is 22.1 Å². The van der Waals surface area contributed by atoms with Crippen LogP contribution in [-0.2, 0) is 20.6 Å². The number of hydrogen-bond acceptors (Lipinski definition) is 9. The average Bonchev–Trinajstić information content (AvgIpc) is 3.46. The molecule has 0 unspecified atom stereocenters. The van der Waals surface area contributed by atoms with Crippen LogP contribution in [0.2, 0.25) is 0 Å². The van der Waals surface area contributed by atoms with Crippen LogP contribution in [0.5, 0.6) is 23.0 Å². The maximum Gasteiger partial charge on any atom is 0.265 e. The number of anilines is 1. The van der Waals surface area contributed by atoms with Crippen LogP contribution in [0.25, 0.3) is 0 Å². The summed E-state index contributed by atoms with van der Waals surface area (Å²) in [6.45, 7) is -0.0801. The van der Waals surface area contributed by atoms with E-state index in [9.17, 15) is 13.2 Å². The normalized spacial score (nSPS) is 11.1. The van der Waals surface area contributed by atoms with E-state index in [1.807, 2.05) is 12.1 Å². The molecule has 10 nitrogen and oxygen atoms in total. The molecule has 0 saturated heterocycles. The van der Waals surface area contributed by atoms with Crippen molar-refractivity contribution < 1.29 is 36.6 Å². The molecule has 0 aliphatic carbocycles. The third kappa shape index (κ3) is 7.29. The lowest BCUT2D eigenvalue weighted by Crippen LogP contribution is -2.41. The van der Waals surface area contributed by atoms with Crippen LogP contribution in [0.3, 0.4) is 0 Å². The molecule has 1 amide bonds. The first kappa shape index (κ1) is 29.1. The van der Waals surface area contributed by atoms with Crippen molar-refractivity contribution in [3.05, 3.63) is 60.6 Å². The van der Waals surface area contributed by atoms with Crippen LogP contribution in [0, 0.1) is 0 Å². The molecule has 38 heavy (non-hydrogen) atoms. The van der Waals surface area contributed by atoms with Crippen molar-refractivity contribution in [3.63, 3.8) is 0 Å². The quantitative estimate of drug-likeness (QED) is 0.274. The molecular weight excluding hydrogens is 532 g/mol. The number of nitrogens with zero attached hydrogens (tertiary/aromatic N) is 1. The van der Waals surface area contributed by atoms with Gasteiger partial charge < -0.3 is 28.7 Å². The van der Waals surface area contributed by atoms with Gasteiger partial charge in [-0.1, -0.05) is 0 Å². The molecule has 0 bridgehead atoms. The van der Waals surface area contributed by atoms with E-state index < -0.39 is 22.5 Å². The smallest absolute Gasteiger partial charge is 0.265 e. The molecule has 0 fully saturated rings. The zero-order valence-corrected chi connectivity index (χ0v) is 23.4. The summed E-state index contributed by atoms with van der Waals surface area (Å²) in [6, 6.07) is 12.7. The third-order valence-corrected chi connectivity index (χ3v) is 8.32. The number of hydrogen-bond donors (Lipinski definition) is 1. The first-order chi connectivity index (χ1) is 18.3. The van der Waals surface area contributed by atoms with E-state index in [1.54, 1.807) is 30.2 Å². The van der Waals surface area contributed by atoms with Crippen molar-refractivity contribution in [1.29, 1.82) is 0 Å². The first-order valence-corrected chi connectivity index (χ1v) is 14.3. The summed E-state index contributed by atoms with van der Waals surface area (Å²) in [6.07, 6.45) is 2.34. The highest BCUT2D eigenvalue weighted by molar-refractivity contribution is 7.98. The molecule has 0 aliphatic rings. The van der Waals surface area contributed by atoms with Gasteiger partial charge >= 0.3 is 0 Å². The van der Waals surface area contributed by atoms with Crippen molar-refractivity contribution in [1.82, 2.24) is 5.32 Å². The second-order valence-electron chi connectivity index (χ2n) is 7.90. The van der Waals surface area contributed by atoms with E-state index in [4.69, 9.17) is 23.4 Å². The Kier molecular flexibility index (Phi) is 10.6. The Bertz CT molecular complexity index is 1300. The third-order valence-electron chi connectivity index (χ3n) is 5.50. The molecule has 1 aromatic heterocycles. The number of furan rings is 1. The molecule has 206 valence electrons. The van der Waals surface area contributed by atoms with Gasteiger partial charge in [0, 0.05) is 18.7 Å². The molecule has 3 rings (SSSR count). The minimum Gasteiger partial charge on any atom is -0.497 e. The van der Waals surface area contributed by atoms with Gasteiger partial charge in [-0.25, -0.2) is 8.42 Å².